The summed E-state index contributed by atoms with van der Waals surface area (Å²) in [6.07, 6.45) is 4.84. The average Bonchev–Trinajstić information content (AvgIpc) is 2.60. The Hall–Kier alpha value is -2.52. The Balaban J connectivity index is 1.72. The summed E-state index contributed by atoms with van der Waals surface area (Å²) in [5.74, 6) is 1.13. The van der Waals surface area contributed by atoms with Gasteiger partial charge in [-0.2, -0.15) is 0 Å². The van der Waals surface area contributed by atoms with Crippen molar-refractivity contribution in [3.05, 3.63) is 76.8 Å². The van der Waals surface area contributed by atoms with Crippen molar-refractivity contribution in [3.8, 4) is 11.5 Å². The predicted molar refractivity (Wildman–Crippen MR) is 91.2 cm³/mol. The summed E-state index contributed by atoms with van der Waals surface area (Å²) in [5, 5.41) is 0.488. The number of rotatable bonds is 4. The van der Waals surface area contributed by atoms with E-state index >= 15 is 0 Å². The molecule has 23 heavy (non-hydrogen) atoms. The number of halogens is 1. The zero-order valence-corrected chi connectivity index (χ0v) is 13.1. The molecule has 1 aliphatic heterocycles. The molecule has 0 spiro atoms. The van der Waals surface area contributed by atoms with Gasteiger partial charge in [0.05, 0.1) is 0 Å². The lowest BCUT2D eigenvalue weighted by molar-refractivity contribution is 0.104. The Morgan fingerprint density at radius 3 is 2.48 bits per heavy atom. The number of hydrogen-bond donors (Lipinski definition) is 0. The third-order valence-electron chi connectivity index (χ3n) is 3.32. The highest BCUT2D eigenvalue weighted by Gasteiger charge is 2.13. The smallest absolute Gasteiger partial charge is 0.186 e. The summed E-state index contributed by atoms with van der Waals surface area (Å²) < 4.78 is 10.9. The standard InChI is InChI=1S/C19H15ClO3/c20-16(12-14-4-2-1-3-5-14)7-8-17(21)15-6-9-18-19(13-15)23-11-10-22-18/h1-9,12-13H,10-11H2/b8-7-,16-12+. The van der Waals surface area contributed by atoms with Gasteiger partial charge in [0, 0.05) is 10.6 Å². The molecule has 0 N–H and O–H groups in total. The van der Waals surface area contributed by atoms with Crippen molar-refractivity contribution in [1.29, 1.82) is 0 Å². The van der Waals surface area contributed by atoms with Gasteiger partial charge in [0.25, 0.3) is 0 Å². The first-order chi connectivity index (χ1) is 11.2. The van der Waals surface area contributed by atoms with Crippen LogP contribution in [0.2, 0.25) is 0 Å². The monoisotopic (exact) mass is 326 g/mol. The van der Waals surface area contributed by atoms with E-state index in [2.05, 4.69) is 0 Å². The van der Waals surface area contributed by atoms with Crippen LogP contribution in [0.1, 0.15) is 15.9 Å². The molecule has 0 aromatic heterocycles. The highest BCUT2D eigenvalue weighted by Crippen LogP contribution is 2.31. The van der Waals surface area contributed by atoms with Gasteiger partial charge in [-0.3, -0.25) is 4.79 Å². The van der Waals surface area contributed by atoms with E-state index in [0.29, 0.717) is 35.3 Å². The van der Waals surface area contributed by atoms with Crippen molar-refractivity contribution >= 4 is 23.5 Å². The number of hydrogen-bond acceptors (Lipinski definition) is 3. The van der Waals surface area contributed by atoms with Crippen LogP contribution in [0.15, 0.2) is 65.7 Å². The first-order valence-electron chi connectivity index (χ1n) is 7.27. The second-order valence-electron chi connectivity index (χ2n) is 5.00. The predicted octanol–water partition coefficient (Wildman–Crippen LogP) is 4.48. The molecule has 0 saturated carbocycles. The number of ketones is 1. The van der Waals surface area contributed by atoms with Gasteiger partial charge in [-0.25, -0.2) is 0 Å². The van der Waals surface area contributed by atoms with Crippen molar-refractivity contribution in [1.82, 2.24) is 0 Å². The fourth-order valence-electron chi connectivity index (χ4n) is 2.20. The van der Waals surface area contributed by atoms with E-state index in [0.717, 1.165) is 5.56 Å². The van der Waals surface area contributed by atoms with Crippen molar-refractivity contribution in [2.45, 2.75) is 0 Å². The van der Waals surface area contributed by atoms with Crippen LogP contribution >= 0.6 is 11.6 Å². The molecule has 3 rings (SSSR count). The third kappa shape index (κ3) is 4.02. The van der Waals surface area contributed by atoms with Crippen molar-refractivity contribution in [2.24, 2.45) is 0 Å². The van der Waals surface area contributed by atoms with Gasteiger partial charge in [0.15, 0.2) is 17.3 Å². The molecule has 2 aromatic carbocycles. The highest BCUT2D eigenvalue weighted by atomic mass is 35.5. The Morgan fingerprint density at radius 2 is 1.70 bits per heavy atom. The Morgan fingerprint density at radius 1 is 0.957 bits per heavy atom. The molecule has 4 heteroatoms. The van der Waals surface area contributed by atoms with E-state index in [-0.39, 0.29) is 5.78 Å². The second kappa shape index (κ2) is 7.16. The second-order valence-corrected chi connectivity index (χ2v) is 5.43. The zero-order valence-electron chi connectivity index (χ0n) is 12.4. The first kappa shape index (κ1) is 15.4. The minimum Gasteiger partial charge on any atom is -0.486 e. The summed E-state index contributed by atoms with van der Waals surface area (Å²) in [5.41, 5.74) is 1.52. The van der Waals surface area contributed by atoms with Gasteiger partial charge in [0.2, 0.25) is 0 Å². The molecule has 2 aromatic rings. The number of fused-ring (bicyclic) bond motifs is 1. The summed E-state index contributed by atoms with van der Waals surface area (Å²) in [7, 11) is 0. The van der Waals surface area contributed by atoms with E-state index in [4.69, 9.17) is 21.1 Å². The van der Waals surface area contributed by atoms with Gasteiger partial charge in [0.1, 0.15) is 13.2 Å². The molecule has 0 amide bonds. The fraction of sp³-hybridized carbons (Fsp3) is 0.105. The Kier molecular flexibility index (Phi) is 4.79. The summed E-state index contributed by atoms with van der Waals surface area (Å²) in [4.78, 5) is 12.2. The van der Waals surface area contributed by atoms with Crippen LogP contribution in [0.25, 0.3) is 6.08 Å². The fourth-order valence-corrected chi connectivity index (χ4v) is 2.39. The summed E-state index contributed by atoms with van der Waals surface area (Å²) >= 11 is 6.14. The Labute approximate surface area is 139 Å². The zero-order chi connectivity index (χ0) is 16.1. The number of ether oxygens (including phenoxy) is 2. The van der Waals surface area contributed by atoms with Gasteiger partial charge in [-0.1, -0.05) is 41.9 Å². The molecule has 0 fully saturated rings. The maximum absolute atomic E-state index is 12.2. The van der Waals surface area contributed by atoms with Crippen LogP contribution in [0.4, 0.5) is 0 Å². The summed E-state index contributed by atoms with van der Waals surface area (Å²) in [6.45, 7) is 1.02. The van der Waals surface area contributed by atoms with Crippen molar-refractivity contribution in [2.75, 3.05) is 13.2 Å². The molecule has 0 saturated heterocycles. The molecule has 1 heterocycles. The van der Waals surface area contributed by atoms with Crippen LogP contribution in [-0.4, -0.2) is 19.0 Å². The molecule has 0 radical (unpaired) electrons. The van der Waals surface area contributed by atoms with Crippen molar-refractivity contribution in [3.63, 3.8) is 0 Å². The SMILES string of the molecule is O=C(/C=C\C(Cl)=C/c1ccccc1)c1ccc2c(c1)OCCO2. The van der Waals surface area contributed by atoms with Crippen LogP contribution < -0.4 is 9.47 Å². The van der Waals surface area contributed by atoms with Crippen LogP contribution in [0.3, 0.4) is 0 Å². The van der Waals surface area contributed by atoms with E-state index in [1.807, 2.05) is 30.3 Å². The summed E-state index contributed by atoms with van der Waals surface area (Å²) in [6, 6.07) is 14.8. The quantitative estimate of drug-likeness (QED) is 0.472. The number of carbonyl (C=O) groups excluding carboxylic acids is 1. The molecule has 0 unspecified atom stereocenters. The molecular formula is C19H15ClO3. The molecule has 3 nitrogen and oxygen atoms in total. The van der Waals surface area contributed by atoms with E-state index in [1.54, 1.807) is 30.4 Å². The molecule has 1 aliphatic rings. The molecule has 116 valence electrons. The highest BCUT2D eigenvalue weighted by molar-refractivity contribution is 6.33. The maximum Gasteiger partial charge on any atom is 0.186 e. The topological polar surface area (TPSA) is 35.5 Å². The van der Waals surface area contributed by atoms with Gasteiger partial charge in [-0.15, -0.1) is 0 Å². The lowest BCUT2D eigenvalue weighted by Crippen LogP contribution is -2.15. The van der Waals surface area contributed by atoms with E-state index < -0.39 is 0 Å². The number of carbonyl (C=O) groups is 1. The molecule has 0 aliphatic carbocycles. The maximum atomic E-state index is 12.2. The lowest BCUT2D eigenvalue weighted by Gasteiger charge is -2.18. The van der Waals surface area contributed by atoms with Crippen molar-refractivity contribution < 1.29 is 14.3 Å². The van der Waals surface area contributed by atoms with Gasteiger partial charge < -0.3 is 9.47 Å². The van der Waals surface area contributed by atoms with Gasteiger partial charge in [-0.05, 0) is 42.0 Å². The third-order valence-corrected chi connectivity index (χ3v) is 3.56. The van der Waals surface area contributed by atoms with Crippen LogP contribution in [0, 0.1) is 0 Å². The van der Waals surface area contributed by atoms with Crippen LogP contribution in [-0.2, 0) is 0 Å². The van der Waals surface area contributed by atoms with E-state index in [9.17, 15) is 4.79 Å². The normalized spacial score (nSPS) is 14.0. The largest absolute Gasteiger partial charge is 0.486 e. The molecule has 0 atom stereocenters. The van der Waals surface area contributed by atoms with E-state index in [1.165, 1.54) is 6.08 Å². The number of allylic oxidation sites excluding steroid dienone is 3. The first-order valence-corrected chi connectivity index (χ1v) is 7.64. The van der Waals surface area contributed by atoms with Gasteiger partial charge >= 0.3 is 0 Å². The molecular weight excluding hydrogens is 312 g/mol. The number of benzene rings is 2. The molecule has 0 bridgehead atoms. The van der Waals surface area contributed by atoms with Crippen LogP contribution in [0.5, 0.6) is 11.5 Å². The average molecular weight is 327 g/mol. The Bertz CT molecular complexity index is 763. The lowest BCUT2D eigenvalue weighted by atomic mass is 10.1. The minimum absolute atomic E-state index is 0.137. The minimum atomic E-state index is -0.137.